The monoisotopic (exact) mass is 447 g/mol. The maximum Gasteiger partial charge on any atom is 0.261 e. The number of piperidine rings is 1. The zero-order valence-electron chi connectivity index (χ0n) is 19.7. The first-order valence-corrected chi connectivity index (χ1v) is 11.7. The molecule has 1 fully saturated rings. The molecule has 0 spiro atoms. The molecule has 0 atom stereocenters. The highest BCUT2D eigenvalue weighted by Gasteiger charge is 2.20. The van der Waals surface area contributed by atoms with Crippen molar-refractivity contribution >= 4 is 5.91 Å². The second-order valence-electron chi connectivity index (χ2n) is 9.09. The van der Waals surface area contributed by atoms with Crippen molar-refractivity contribution in [1.29, 1.82) is 0 Å². The fraction of sp³-hybridized carbons (Fsp3) is 0.423. The Morgan fingerprint density at radius 3 is 2.48 bits per heavy atom. The molecule has 0 bridgehead atoms. The molecule has 7 nitrogen and oxygen atoms in total. The lowest BCUT2D eigenvalue weighted by Crippen LogP contribution is -2.35. The molecule has 33 heavy (non-hydrogen) atoms. The van der Waals surface area contributed by atoms with Crippen LogP contribution in [0.2, 0.25) is 0 Å². The minimum absolute atomic E-state index is 0.138. The van der Waals surface area contributed by atoms with Crippen LogP contribution in [0.15, 0.2) is 47.3 Å². The van der Waals surface area contributed by atoms with Crippen LogP contribution in [0.5, 0.6) is 0 Å². The van der Waals surface area contributed by atoms with Crippen molar-refractivity contribution in [3.8, 4) is 0 Å². The second-order valence-corrected chi connectivity index (χ2v) is 9.09. The number of amides is 1. The van der Waals surface area contributed by atoms with Gasteiger partial charge in [-0.3, -0.25) is 19.2 Å². The van der Waals surface area contributed by atoms with Gasteiger partial charge < -0.3 is 10.3 Å². The van der Waals surface area contributed by atoms with Gasteiger partial charge in [-0.1, -0.05) is 30.3 Å². The molecule has 7 heteroatoms. The summed E-state index contributed by atoms with van der Waals surface area (Å²) < 4.78 is 1.79. The number of aromatic nitrogens is 3. The number of nitrogens with one attached hydrogen (secondary N) is 2. The van der Waals surface area contributed by atoms with Crippen molar-refractivity contribution in [2.45, 2.75) is 46.2 Å². The maximum atomic E-state index is 12.6. The number of rotatable bonds is 7. The van der Waals surface area contributed by atoms with Gasteiger partial charge in [0, 0.05) is 37.1 Å². The molecule has 2 aromatic heterocycles. The molecule has 174 valence electrons. The van der Waals surface area contributed by atoms with Crippen molar-refractivity contribution in [1.82, 2.24) is 25.0 Å². The van der Waals surface area contributed by atoms with Crippen molar-refractivity contribution in [3.63, 3.8) is 0 Å². The first kappa shape index (κ1) is 23.0. The molecule has 1 aromatic carbocycles. The number of hydrogen-bond donors (Lipinski definition) is 2. The molecule has 4 rings (SSSR count). The summed E-state index contributed by atoms with van der Waals surface area (Å²) >= 11 is 0. The number of carbonyl (C=O) groups is 1. The molecule has 2 N–H and O–H groups in total. The zero-order chi connectivity index (χ0) is 23.4. The van der Waals surface area contributed by atoms with Crippen molar-refractivity contribution in [3.05, 3.63) is 86.6 Å². The van der Waals surface area contributed by atoms with Gasteiger partial charge in [0.05, 0.1) is 5.69 Å². The Bertz CT molecular complexity index is 1160. The lowest BCUT2D eigenvalue weighted by molar-refractivity contribution is 0.0949. The molecular weight excluding hydrogens is 414 g/mol. The fourth-order valence-corrected chi connectivity index (χ4v) is 4.66. The average Bonchev–Trinajstić information content (AvgIpc) is 3.05. The number of benzene rings is 1. The van der Waals surface area contributed by atoms with E-state index in [1.54, 1.807) is 10.7 Å². The van der Waals surface area contributed by atoms with Crippen LogP contribution in [0.4, 0.5) is 0 Å². The number of likely N-dealkylation sites (tertiary alicyclic amines) is 1. The Balaban J connectivity index is 1.29. The number of hydrogen-bond acceptors (Lipinski definition) is 4. The van der Waals surface area contributed by atoms with Crippen LogP contribution in [-0.4, -0.2) is 38.7 Å². The zero-order valence-corrected chi connectivity index (χ0v) is 19.7. The summed E-state index contributed by atoms with van der Waals surface area (Å²) in [4.78, 5) is 30.4. The number of pyridine rings is 1. The number of aromatic amines is 1. The molecule has 0 radical (unpaired) electrons. The molecule has 1 aliphatic heterocycles. The van der Waals surface area contributed by atoms with Crippen LogP contribution in [0.25, 0.3) is 0 Å². The Labute approximate surface area is 194 Å². The normalized spacial score (nSPS) is 15.0. The van der Waals surface area contributed by atoms with Gasteiger partial charge in [0.15, 0.2) is 0 Å². The average molecular weight is 448 g/mol. The molecule has 1 aliphatic rings. The molecule has 3 heterocycles. The first-order valence-electron chi connectivity index (χ1n) is 11.7. The summed E-state index contributed by atoms with van der Waals surface area (Å²) in [5.41, 5.74) is 4.91. The van der Waals surface area contributed by atoms with E-state index in [4.69, 9.17) is 0 Å². The van der Waals surface area contributed by atoms with Gasteiger partial charge in [-0.2, -0.15) is 5.10 Å². The maximum absolute atomic E-state index is 12.6. The highest BCUT2D eigenvalue weighted by Crippen LogP contribution is 2.22. The third kappa shape index (κ3) is 5.60. The Kier molecular flexibility index (Phi) is 7.08. The number of aryl methyl sites for hydroxylation is 2. The van der Waals surface area contributed by atoms with Gasteiger partial charge in [-0.05, 0) is 69.8 Å². The Morgan fingerprint density at radius 2 is 1.85 bits per heavy atom. The van der Waals surface area contributed by atoms with Crippen LogP contribution in [-0.2, 0) is 26.6 Å². The van der Waals surface area contributed by atoms with Crippen LogP contribution >= 0.6 is 0 Å². The van der Waals surface area contributed by atoms with E-state index >= 15 is 0 Å². The van der Waals surface area contributed by atoms with E-state index in [2.05, 4.69) is 50.6 Å². The van der Waals surface area contributed by atoms with E-state index in [0.717, 1.165) is 55.0 Å². The Morgan fingerprint density at radius 1 is 1.12 bits per heavy atom. The van der Waals surface area contributed by atoms with Crippen LogP contribution in [0.1, 0.15) is 51.4 Å². The molecule has 1 amide bonds. The van der Waals surface area contributed by atoms with Gasteiger partial charge in [0.25, 0.3) is 11.5 Å². The summed E-state index contributed by atoms with van der Waals surface area (Å²) in [6, 6.07) is 14.2. The highest BCUT2D eigenvalue weighted by atomic mass is 16.2. The van der Waals surface area contributed by atoms with E-state index < -0.39 is 0 Å². The summed E-state index contributed by atoms with van der Waals surface area (Å²) in [5, 5.41) is 7.22. The first-order chi connectivity index (χ1) is 15.9. The van der Waals surface area contributed by atoms with Gasteiger partial charge in [0.1, 0.15) is 5.56 Å². The molecule has 0 saturated carbocycles. The standard InChI is InChI=1S/C26H33N5O2/c1-18-24(19(2)30(3)29-18)16-27-25(32)23-10-9-22(28-26(23)33)17-31-13-11-21(12-14-31)15-20-7-5-4-6-8-20/h4-10,21H,11-17H2,1-3H3,(H,27,32)(H,28,33). The molecule has 0 aliphatic carbocycles. The van der Waals surface area contributed by atoms with Crippen LogP contribution in [0.3, 0.4) is 0 Å². The largest absolute Gasteiger partial charge is 0.348 e. The predicted molar refractivity (Wildman–Crippen MR) is 129 cm³/mol. The van der Waals surface area contributed by atoms with Gasteiger partial charge in [-0.15, -0.1) is 0 Å². The van der Waals surface area contributed by atoms with Crippen molar-refractivity contribution < 1.29 is 4.79 Å². The van der Waals surface area contributed by atoms with E-state index in [9.17, 15) is 9.59 Å². The number of carbonyl (C=O) groups excluding carboxylic acids is 1. The van der Waals surface area contributed by atoms with Gasteiger partial charge >= 0.3 is 0 Å². The predicted octanol–water partition coefficient (Wildman–Crippen LogP) is 3.11. The van der Waals surface area contributed by atoms with E-state index in [-0.39, 0.29) is 17.0 Å². The molecule has 1 saturated heterocycles. The summed E-state index contributed by atoms with van der Waals surface area (Å²) in [6.07, 6.45) is 3.45. The lowest BCUT2D eigenvalue weighted by atomic mass is 9.90. The van der Waals surface area contributed by atoms with Crippen molar-refractivity contribution in [2.75, 3.05) is 13.1 Å². The van der Waals surface area contributed by atoms with E-state index in [0.29, 0.717) is 19.0 Å². The minimum Gasteiger partial charge on any atom is -0.348 e. The Hall–Kier alpha value is -3.19. The van der Waals surface area contributed by atoms with Crippen molar-refractivity contribution in [2.24, 2.45) is 13.0 Å². The van der Waals surface area contributed by atoms with E-state index in [1.807, 2.05) is 27.0 Å². The fourth-order valence-electron chi connectivity index (χ4n) is 4.66. The molecular formula is C26H33N5O2. The van der Waals surface area contributed by atoms with E-state index in [1.165, 1.54) is 5.56 Å². The highest BCUT2D eigenvalue weighted by molar-refractivity contribution is 5.93. The number of nitrogens with zero attached hydrogens (tertiary/aromatic N) is 3. The number of H-pyrrole nitrogens is 1. The summed E-state index contributed by atoms with van der Waals surface area (Å²) in [6.45, 7) is 6.97. The van der Waals surface area contributed by atoms with Crippen LogP contribution < -0.4 is 10.9 Å². The quantitative estimate of drug-likeness (QED) is 0.583. The SMILES string of the molecule is Cc1nn(C)c(C)c1CNC(=O)c1ccc(CN2CCC(Cc3ccccc3)CC2)[nH]c1=O. The third-order valence-corrected chi connectivity index (χ3v) is 6.77. The minimum atomic E-state index is -0.368. The topological polar surface area (TPSA) is 83.0 Å². The van der Waals surface area contributed by atoms with Gasteiger partial charge in [0.2, 0.25) is 0 Å². The second kappa shape index (κ2) is 10.2. The molecule has 0 unspecified atom stereocenters. The molecule has 3 aromatic rings. The van der Waals surface area contributed by atoms with Gasteiger partial charge in [-0.25, -0.2) is 0 Å². The smallest absolute Gasteiger partial charge is 0.261 e. The lowest BCUT2D eigenvalue weighted by Gasteiger charge is -2.32. The third-order valence-electron chi connectivity index (χ3n) is 6.77. The van der Waals surface area contributed by atoms with Crippen LogP contribution in [0, 0.1) is 19.8 Å². The summed E-state index contributed by atoms with van der Waals surface area (Å²) in [7, 11) is 1.88. The summed E-state index contributed by atoms with van der Waals surface area (Å²) in [5.74, 6) is 0.341.